The fourth-order valence-corrected chi connectivity index (χ4v) is 4.05. The van der Waals surface area contributed by atoms with E-state index >= 15 is 0 Å². The molecule has 0 saturated heterocycles. The summed E-state index contributed by atoms with van der Waals surface area (Å²) in [5, 5.41) is 2.85. The number of carbonyl (C=O) groups excluding carboxylic acids is 1. The van der Waals surface area contributed by atoms with E-state index in [9.17, 15) is 13.2 Å². The number of amides is 1. The second-order valence-corrected chi connectivity index (χ2v) is 8.70. The van der Waals surface area contributed by atoms with E-state index in [0.29, 0.717) is 5.69 Å². The lowest BCUT2D eigenvalue weighted by atomic mass is 10.1. The Labute approximate surface area is 173 Å². The number of hydrogen-bond acceptors (Lipinski definition) is 3. The van der Waals surface area contributed by atoms with Gasteiger partial charge in [0.05, 0.1) is 4.90 Å². The molecule has 3 rings (SSSR count). The SMILES string of the molecule is CCc1ccccc1NC(=O)c1cccc(S(=O)(=O)Nc2ccc(Br)cc2)c1. The van der Waals surface area contributed by atoms with Crippen LogP contribution in [0.3, 0.4) is 0 Å². The van der Waals surface area contributed by atoms with Crippen molar-refractivity contribution in [1.29, 1.82) is 0 Å². The molecular weight excluding hydrogens is 440 g/mol. The minimum atomic E-state index is -3.81. The van der Waals surface area contributed by atoms with Gasteiger partial charge in [0.25, 0.3) is 15.9 Å². The first-order valence-corrected chi connectivity index (χ1v) is 10.9. The van der Waals surface area contributed by atoms with E-state index < -0.39 is 10.0 Å². The Hall–Kier alpha value is -2.64. The van der Waals surface area contributed by atoms with Gasteiger partial charge in [-0.3, -0.25) is 9.52 Å². The van der Waals surface area contributed by atoms with Crippen LogP contribution in [0.5, 0.6) is 0 Å². The average Bonchev–Trinajstić information content (AvgIpc) is 2.70. The molecule has 0 spiro atoms. The molecule has 0 atom stereocenters. The molecule has 0 radical (unpaired) electrons. The lowest BCUT2D eigenvalue weighted by Crippen LogP contribution is -2.16. The standard InChI is InChI=1S/C21H19BrN2O3S/c1-2-15-6-3-4-9-20(15)23-21(25)16-7-5-8-19(14-16)28(26,27)24-18-12-10-17(22)11-13-18/h3-14,24H,2H2,1H3,(H,23,25). The maximum atomic E-state index is 12.7. The number of nitrogens with one attached hydrogen (secondary N) is 2. The zero-order valence-corrected chi connectivity index (χ0v) is 17.5. The summed E-state index contributed by atoms with van der Waals surface area (Å²) in [6, 6.07) is 20.3. The second kappa shape index (κ2) is 8.58. The van der Waals surface area contributed by atoms with Gasteiger partial charge in [0.1, 0.15) is 0 Å². The zero-order chi connectivity index (χ0) is 20.1. The molecule has 0 aliphatic heterocycles. The quantitative estimate of drug-likeness (QED) is 0.541. The Morgan fingerprint density at radius 3 is 2.39 bits per heavy atom. The third kappa shape index (κ3) is 4.79. The van der Waals surface area contributed by atoms with Gasteiger partial charge in [-0.1, -0.05) is 47.1 Å². The van der Waals surface area contributed by atoms with Crippen LogP contribution in [0.2, 0.25) is 0 Å². The Balaban J connectivity index is 1.83. The molecule has 0 saturated carbocycles. The van der Waals surface area contributed by atoms with E-state index in [1.54, 1.807) is 36.4 Å². The van der Waals surface area contributed by atoms with Crippen LogP contribution in [0.4, 0.5) is 11.4 Å². The Kier molecular flexibility index (Phi) is 6.16. The van der Waals surface area contributed by atoms with E-state index in [-0.39, 0.29) is 16.4 Å². The fourth-order valence-electron chi connectivity index (χ4n) is 2.68. The van der Waals surface area contributed by atoms with Crippen LogP contribution in [-0.2, 0) is 16.4 Å². The fraction of sp³-hybridized carbons (Fsp3) is 0.0952. The minimum Gasteiger partial charge on any atom is -0.322 e. The minimum absolute atomic E-state index is 0.0202. The highest BCUT2D eigenvalue weighted by molar-refractivity contribution is 9.10. The Morgan fingerprint density at radius 1 is 0.964 bits per heavy atom. The maximum Gasteiger partial charge on any atom is 0.261 e. The Bertz CT molecular complexity index is 1100. The largest absolute Gasteiger partial charge is 0.322 e. The molecule has 144 valence electrons. The lowest BCUT2D eigenvalue weighted by Gasteiger charge is -2.11. The summed E-state index contributed by atoms with van der Waals surface area (Å²) in [6.07, 6.45) is 0.780. The molecule has 28 heavy (non-hydrogen) atoms. The second-order valence-electron chi connectivity index (χ2n) is 6.11. The molecule has 2 N–H and O–H groups in total. The van der Waals surface area contributed by atoms with Crippen molar-refractivity contribution in [3.8, 4) is 0 Å². The van der Waals surface area contributed by atoms with Gasteiger partial charge in [0, 0.05) is 21.4 Å². The number of anilines is 2. The van der Waals surface area contributed by atoms with Crippen LogP contribution < -0.4 is 10.0 Å². The van der Waals surface area contributed by atoms with Crippen molar-refractivity contribution < 1.29 is 13.2 Å². The summed E-state index contributed by atoms with van der Waals surface area (Å²) in [7, 11) is -3.81. The molecule has 5 nitrogen and oxygen atoms in total. The van der Waals surface area contributed by atoms with Gasteiger partial charge < -0.3 is 5.32 Å². The van der Waals surface area contributed by atoms with E-state index in [2.05, 4.69) is 26.0 Å². The lowest BCUT2D eigenvalue weighted by molar-refractivity contribution is 0.102. The van der Waals surface area contributed by atoms with E-state index in [1.165, 1.54) is 12.1 Å². The highest BCUT2D eigenvalue weighted by atomic mass is 79.9. The first kappa shape index (κ1) is 20.1. The van der Waals surface area contributed by atoms with Crippen molar-refractivity contribution in [2.45, 2.75) is 18.2 Å². The van der Waals surface area contributed by atoms with Gasteiger partial charge in [-0.15, -0.1) is 0 Å². The average molecular weight is 459 g/mol. The van der Waals surface area contributed by atoms with Crippen LogP contribution in [0.1, 0.15) is 22.8 Å². The van der Waals surface area contributed by atoms with Gasteiger partial charge in [-0.25, -0.2) is 8.42 Å². The smallest absolute Gasteiger partial charge is 0.261 e. The number of carbonyl (C=O) groups is 1. The van der Waals surface area contributed by atoms with Crippen LogP contribution in [0, 0.1) is 0 Å². The molecule has 0 aliphatic rings. The van der Waals surface area contributed by atoms with Crippen molar-refractivity contribution >= 4 is 43.2 Å². The molecule has 0 fully saturated rings. The molecule has 1 amide bonds. The molecule has 7 heteroatoms. The first-order valence-electron chi connectivity index (χ1n) is 8.67. The number of para-hydroxylation sites is 1. The van der Waals surface area contributed by atoms with Gasteiger partial charge in [-0.05, 0) is 60.5 Å². The number of benzene rings is 3. The third-order valence-electron chi connectivity index (χ3n) is 4.15. The molecule has 0 aromatic heterocycles. The van der Waals surface area contributed by atoms with Gasteiger partial charge in [0.2, 0.25) is 0 Å². The predicted octanol–water partition coefficient (Wildman–Crippen LogP) is 5.06. The molecule has 0 heterocycles. The number of aryl methyl sites for hydroxylation is 1. The summed E-state index contributed by atoms with van der Waals surface area (Å²) in [4.78, 5) is 12.6. The van der Waals surface area contributed by atoms with Crippen molar-refractivity contribution in [3.05, 3.63) is 88.4 Å². The first-order chi connectivity index (χ1) is 13.4. The van der Waals surface area contributed by atoms with Crippen LogP contribution in [0.15, 0.2) is 82.2 Å². The molecule has 3 aromatic rings. The third-order valence-corrected chi connectivity index (χ3v) is 6.06. The molecule has 0 aliphatic carbocycles. The van der Waals surface area contributed by atoms with Crippen LogP contribution in [-0.4, -0.2) is 14.3 Å². The number of rotatable bonds is 6. The number of sulfonamides is 1. The number of halogens is 1. The van der Waals surface area contributed by atoms with E-state index in [0.717, 1.165) is 22.1 Å². The van der Waals surface area contributed by atoms with Crippen LogP contribution >= 0.6 is 15.9 Å². The summed E-state index contributed by atoms with van der Waals surface area (Å²) in [6.45, 7) is 2.01. The van der Waals surface area contributed by atoms with Gasteiger partial charge in [0.15, 0.2) is 0 Å². The van der Waals surface area contributed by atoms with Gasteiger partial charge >= 0.3 is 0 Å². The molecular formula is C21H19BrN2O3S. The summed E-state index contributed by atoms with van der Waals surface area (Å²) in [5.74, 6) is -0.360. The molecule has 0 bridgehead atoms. The van der Waals surface area contributed by atoms with Crippen molar-refractivity contribution in [2.75, 3.05) is 10.0 Å². The van der Waals surface area contributed by atoms with Crippen molar-refractivity contribution in [2.24, 2.45) is 0 Å². The predicted molar refractivity (Wildman–Crippen MR) is 115 cm³/mol. The zero-order valence-electron chi connectivity index (χ0n) is 15.1. The highest BCUT2D eigenvalue weighted by Crippen LogP contribution is 2.21. The normalized spacial score (nSPS) is 11.1. The maximum absolute atomic E-state index is 12.7. The highest BCUT2D eigenvalue weighted by Gasteiger charge is 2.17. The van der Waals surface area contributed by atoms with E-state index in [1.807, 2.05) is 31.2 Å². The topological polar surface area (TPSA) is 75.3 Å². The molecule has 3 aromatic carbocycles. The number of hydrogen-bond donors (Lipinski definition) is 2. The monoisotopic (exact) mass is 458 g/mol. The van der Waals surface area contributed by atoms with Gasteiger partial charge in [-0.2, -0.15) is 0 Å². The van der Waals surface area contributed by atoms with Crippen molar-refractivity contribution in [3.63, 3.8) is 0 Å². The Morgan fingerprint density at radius 2 is 1.68 bits per heavy atom. The van der Waals surface area contributed by atoms with E-state index in [4.69, 9.17) is 0 Å². The molecule has 0 unspecified atom stereocenters. The summed E-state index contributed by atoms with van der Waals surface area (Å²) in [5.41, 5.74) is 2.44. The summed E-state index contributed by atoms with van der Waals surface area (Å²) >= 11 is 3.31. The summed E-state index contributed by atoms with van der Waals surface area (Å²) < 4.78 is 28.7. The van der Waals surface area contributed by atoms with Crippen LogP contribution in [0.25, 0.3) is 0 Å². The van der Waals surface area contributed by atoms with Crippen molar-refractivity contribution in [1.82, 2.24) is 0 Å².